The van der Waals surface area contributed by atoms with Crippen molar-refractivity contribution < 1.29 is 9.90 Å². The van der Waals surface area contributed by atoms with Crippen molar-refractivity contribution in [1.82, 2.24) is 9.55 Å². The molecule has 1 aliphatic carbocycles. The second-order valence-corrected chi connectivity index (χ2v) is 7.25. The predicted octanol–water partition coefficient (Wildman–Crippen LogP) is 3.23. The zero-order chi connectivity index (χ0) is 14.2. The first kappa shape index (κ1) is 14.4. The summed E-state index contributed by atoms with van der Waals surface area (Å²) in [4.78, 5) is 15.1. The van der Waals surface area contributed by atoms with Gasteiger partial charge in [-0.05, 0) is 23.7 Å². The number of carbonyl (C=O) groups is 1. The SMILES string of the molecule is CC(C)c1cnc(SCC(=O)O)n1CC1CC1(C)C. The second-order valence-electron chi connectivity index (χ2n) is 6.30. The van der Waals surface area contributed by atoms with E-state index in [0.717, 1.165) is 11.7 Å². The van der Waals surface area contributed by atoms with Gasteiger partial charge < -0.3 is 9.67 Å². The van der Waals surface area contributed by atoms with E-state index in [0.29, 0.717) is 17.3 Å². The lowest BCUT2D eigenvalue weighted by molar-refractivity contribution is -0.133. The van der Waals surface area contributed by atoms with E-state index in [-0.39, 0.29) is 5.75 Å². The van der Waals surface area contributed by atoms with Crippen LogP contribution in [0.4, 0.5) is 0 Å². The molecule has 1 aromatic heterocycles. The van der Waals surface area contributed by atoms with Crippen LogP contribution in [0.2, 0.25) is 0 Å². The normalized spacial score (nSPS) is 20.8. The number of hydrogen-bond acceptors (Lipinski definition) is 3. The zero-order valence-electron chi connectivity index (χ0n) is 12.0. The van der Waals surface area contributed by atoms with E-state index in [9.17, 15) is 4.79 Å². The molecule has 0 radical (unpaired) electrons. The molecule has 2 rings (SSSR count). The Bertz CT molecular complexity index is 480. The molecular weight excluding hydrogens is 260 g/mol. The number of nitrogens with zero attached hydrogens (tertiary/aromatic N) is 2. The number of thioether (sulfide) groups is 1. The molecule has 19 heavy (non-hydrogen) atoms. The largest absolute Gasteiger partial charge is 0.481 e. The number of imidazole rings is 1. The molecule has 0 aromatic carbocycles. The Balaban J connectivity index is 2.16. The summed E-state index contributed by atoms with van der Waals surface area (Å²) in [7, 11) is 0. The van der Waals surface area contributed by atoms with Gasteiger partial charge in [0, 0.05) is 18.4 Å². The highest BCUT2D eigenvalue weighted by atomic mass is 32.2. The van der Waals surface area contributed by atoms with Crippen molar-refractivity contribution in [3.8, 4) is 0 Å². The summed E-state index contributed by atoms with van der Waals surface area (Å²) in [6.07, 6.45) is 3.13. The van der Waals surface area contributed by atoms with Crippen LogP contribution < -0.4 is 0 Å². The third-order valence-electron chi connectivity index (χ3n) is 3.89. The van der Waals surface area contributed by atoms with Gasteiger partial charge in [-0.3, -0.25) is 4.79 Å². The average Bonchev–Trinajstić information content (AvgIpc) is 2.71. The van der Waals surface area contributed by atoms with Crippen LogP contribution in [-0.4, -0.2) is 26.4 Å². The molecule has 0 amide bonds. The molecular formula is C14H22N2O2S. The van der Waals surface area contributed by atoms with E-state index < -0.39 is 5.97 Å². The lowest BCUT2D eigenvalue weighted by atomic mass is 10.1. The van der Waals surface area contributed by atoms with Gasteiger partial charge in [-0.1, -0.05) is 39.5 Å². The van der Waals surface area contributed by atoms with Gasteiger partial charge in [-0.25, -0.2) is 4.98 Å². The van der Waals surface area contributed by atoms with Gasteiger partial charge in [-0.2, -0.15) is 0 Å². The molecule has 1 fully saturated rings. The standard InChI is InChI=1S/C14H22N2O2S/c1-9(2)11-6-15-13(19-8-12(17)18)16(11)7-10-5-14(10,3)4/h6,9-10H,5,7-8H2,1-4H3,(H,17,18). The Hall–Kier alpha value is -0.970. The van der Waals surface area contributed by atoms with E-state index >= 15 is 0 Å². The first-order valence-corrected chi connectivity index (χ1v) is 7.70. The van der Waals surface area contributed by atoms with E-state index in [4.69, 9.17) is 5.11 Å². The molecule has 1 heterocycles. The fourth-order valence-electron chi connectivity index (χ4n) is 2.37. The van der Waals surface area contributed by atoms with Crippen LogP contribution in [0.3, 0.4) is 0 Å². The summed E-state index contributed by atoms with van der Waals surface area (Å²) in [6.45, 7) is 9.83. The summed E-state index contributed by atoms with van der Waals surface area (Å²) in [5, 5.41) is 9.64. The van der Waals surface area contributed by atoms with Gasteiger partial charge in [0.25, 0.3) is 0 Å². The van der Waals surface area contributed by atoms with Crippen molar-refractivity contribution in [2.75, 3.05) is 5.75 Å². The third kappa shape index (κ3) is 3.32. The Morgan fingerprint density at radius 1 is 1.63 bits per heavy atom. The number of rotatable bonds is 6. The molecule has 1 N–H and O–H groups in total. The van der Waals surface area contributed by atoms with E-state index in [2.05, 4.69) is 37.2 Å². The molecule has 0 bridgehead atoms. The smallest absolute Gasteiger partial charge is 0.313 e. The van der Waals surface area contributed by atoms with Crippen molar-refractivity contribution >= 4 is 17.7 Å². The fourth-order valence-corrected chi connectivity index (χ4v) is 3.08. The molecule has 4 nitrogen and oxygen atoms in total. The van der Waals surface area contributed by atoms with Crippen molar-refractivity contribution in [1.29, 1.82) is 0 Å². The number of carboxylic acid groups (broad SMARTS) is 1. The number of aromatic nitrogens is 2. The summed E-state index contributed by atoms with van der Waals surface area (Å²) in [5.74, 6) is 0.372. The van der Waals surface area contributed by atoms with Crippen molar-refractivity contribution in [3.05, 3.63) is 11.9 Å². The zero-order valence-corrected chi connectivity index (χ0v) is 12.8. The molecule has 1 atom stereocenters. The van der Waals surface area contributed by atoms with Crippen LogP contribution >= 0.6 is 11.8 Å². The van der Waals surface area contributed by atoms with Gasteiger partial charge in [-0.15, -0.1) is 0 Å². The minimum absolute atomic E-state index is 0.0720. The van der Waals surface area contributed by atoms with Crippen molar-refractivity contribution in [3.63, 3.8) is 0 Å². The van der Waals surface area contributed by atoms with E-state index in [1.807, 2.05) is 6.20 Å². The topological polar surface area (TPSA) is 55.1 Å². The quantitative estimate of drug-likeness (QED) is 0.814. The first-order chi connectivity index (χ1) is 8.81. The van der Waals surface area contributed by atoms with Crippen LogP contribution in [0.15, 0.2) is 11.4 Å². The number of hydrogen-bond donors (Lipinski definition) is 1. The molecule has 0 aliphatic heterocycles. The van der Waals surface area contributed by atoms with Gasteiger partial charge in [0.2, 0.25) is 0 Å². The summed E-state index contributed by atoms with van der Waals surface area (Å²) in [5.41, 5.74) is 1.63. The minimum Gasteiger partial charge on any atom is -0.481 e. The lowest BCUT2D eigenvalue weighted by Gasteiger charge is -2.14. The Kier molecular flexibility index (Phi) is 3.95. The highest BCUT2D eigenvalue weighted by Crippen LogP contribution is 2.52. The number of aliphatic carboxylic acids is 1. The van der Waals surface area contributed by atoms with Crippen LogP contribution in [0, 0.1) is 11.3 Å². The molecule has 0 saturated heterocycles. The highest BCUT2D eigenvalue weighted by molar-refractivity contribution is 7.99. The summed E-state index contributed by atoms with van der Waals surface area (Å²) in [6, 6.07) is 0. The average molecular weight is 282 g/mol. The Morgan fingerprint density at radius 3 is 2.74 bits per heavy atom. The monoisotopic (exact) mass is 282 g/mol. The van der Waals surface area contributed by atoms with E-state index in [1.165, 1.54) is 23.9 Å². The van der Waals surface area contributed by atoms with Crippen molar-refractivity contribution in [2.24, 2.45) is 11.3 Å². The van der Waals surface area contributed by atoms with Crippen LogP contribution in [0.25, 0.3) is 0 Å². The lowest BCUT2D eigenvalue weighted by Crippen LogP contribution is -2.10. The molecule has 1 saturated carbocycles. The molecule has 106 valence electrons. The molecule has 5 heteroatoms. The summed E-state index contributed by atoms with van der Waals surface area (Å²) >= 11 is 1.32. The maximum atomic E-state index is 10.7. The predicted molar refractivity (Wildman–Crippen MR) is 76.6 cm³/mol. The first-order valence-electron chi connectivity index (χ1n) is 6.71. The van der Waals surface area contributed by atoms with E-state index in [1.54, 1.807) is 0 Å². The van der Waals surface area contributed by atoms with Crippen LogP contribution in [0.1, 0.15) is 45.7 Å². The highest BCUT2D eigenvalue weighted by Gasteiger charge is 2.45. The maximum absolute atomic E-state index is 10.7. The van der Waals surface area contributed by atoms with Gasteiger partial charge in [0.1, 0.15) is 0 Å². The Morgan fingerprint density at radius 2 is 2.26 bits per heavy atom. The van der Waals surface area contributed by atoms with Gasteiger partial charge in [0.15, 0.2) is 5.16 Å². The molecule has 1 unspecified atom stereocenters. The second kappa shape index (κ2) is 5.19. The van der Waals surface area contributed by atoms with Crippen LogP contribution in [-0.2, 0) is 11.3 Å². The molecule has 0 spiro atoms. The molecule has 1 aromatic rings. The molecule has 1 aliphatic rings. The summed E-state index contributed by atoms with van der Waals surface area (Å²) < 4.78 is 2.22. The van der Waals surface area contributed by atoms with Crippen molar-refractivity contribution in [2.45, 2.75) is 51.7 Å². The van der Waals surface area contributed by atoms with Gasteiger partial charge >= 0.3 is 5.97 Å². The Labute approximate surface area is 118 Å². The van der Waals surface area contributed by atoms with Crippen LogP contribution in [0.5, 0.6) is 0 Å². The number of carboxylic acids is 1. The minimum atomic E-state index is -0.794. The third-order valence-corrected chi connectivity index (χ3v) is 4.86. The maximum Gasteiger partial charge on any atom is 0.313 e. The fraction of sp³-hybridized carbons (Fsp3) is 0.714. The van der Waals surface area contributed by atoms with Gasteiger partial charge in [0.05, 0.1) is 5.75 Å².